The van der Waals surface area contributed by atoms with Crippen molar-refractivity contribution in [2.45, 2.75) is 26.2 Å². The maximum atomic E-state index is 8.34. The lowest BCUT2D eigenvalue weighted by atomic mass is 9.91. The first-order valence-electron chi connectivity index (χ1n) is 4.19. The van der Waals surface area contributed by atoms with Gasteiger partial charge in [0, 0.05) is 11.1 Å². The average Bonchev–Trinajstić information content (AvgIpc) is 2.04. The molecule has 1 aromatic rings. The third kappa shape index (κ3) is 2.54. The number of hydrogen-bond donors (Lipinski definition) is 1. The zero-order chi connectivity index (χ0) is 9.90. The Morgan fingerprint density at radius 2 is 2.08 bits per heavy atom. The Kier molecular flexibility index (Phi) is 2.66. The summed E-state index contributed by atoms with van der Waals surface area (Å²) in [5.74, 6) is 0. The minimum absolute atomic E-state index is 0.0271. The van der Waals surface area contributed by atoms with E-state index in [9.17, 15) is 0 Å². The Balaban J connectivity index is 3.05. The first-order chi connectivity index (χ1) is 6.04. The van der Waals surface area contributed by atoms with Crippen LogP contribution in [0, 0.1) is 0 Å². The van der Waals surface area contributed by atoms with Crippen LogP contribution in [0.15, 0.2) is 23.4 Å². The molecule has 1 aromatic heterocycles. The smallest absolute Gasteiger partial charge is 0.0918 e. The molecule has 0 atom stereocenters. The van der Waals surface area contributed by atoms with Crippen molar-refractivity contribution < 1.29 is 5.21 Å². The Morgan fingerprint density at radius 1 is 1.38 bits per heavy atom. The van der Waals surface area contributed by atoms with Gasteiger partial charge in [-0.3, -0.25) is 4.98 Å². The highest BCUT2D eigenvalue weighted by atomic mass is 16.4. The third-order valence-electron chi connectivity index (χ3n) is 1.73. The van der Waals surface area contributed by atoms with Crippen LogP contribution in [-0.2, 0) is 5.41 Å². The average molecular weight is 178 g/mol. The molecule has 0 bridgehead atoms. The normalized spacial score (nSPS) is 12.2. The molecule has 1 heterocycles. The van der Waals surface area contributed by atoms with Gasteiger partial charge in [0.1, 0.15) is 0 Å². The SMILES string of the molecule is CC(C)(C)c1cccc(C=NO)n1. The maximum Gasteiger partial charge on any atom is 0.0918 e. The molecule has 0 saturated heterocycles. The molecule has 0 aliphatic carbocycles. The Hall–Kier alpha value is -1.38. The Labute approximate surface area is 78.1 Å². The lowest BCUT2D eigenvalue weighted by molar-refractivity contribution is 0.321. The summed E-state index contributed by atoms with van der Waals surface area (Å²) in [5, 5.41) is 11.3. The van der Waals surface area contributed by atoms with E-state index in [4.69, 9.17) is 5.21 Å². The molecule has 70 valence electrons. The van der Waals surface area contributed by atoms with E-state index in [1.165, 1.54) is 6.21 Å². The number of nitrogens with zero attached hydrogens (tertiary/aromatic N) is 2. The Bertz CT molecular complexity index is 313. The summed E-state index contributed by atoms with van der Waals surface area (Å²) in [6.45, 7) is 6.28. The summed E-state index contributed by atoms with van der Waals surface area (Å²) >= 11 is 0. The van der Waals surface area contributed by atoms with Gasteiger partial charge in [-0.2, -0.15) is 0 Å². The predicted molar refractivity (Wildman–Crippen MR) is 52.3 cm³/mol. The Morgan fingerprint density at radius 3 is 2.62 bits per heavy atom. The van der Waals surface area contributed by atoms with E-state index < -0.39 is 0 Å². The number of aromatic nitrogens is 1. The molecular formula is C10H14N2O. The lowest BCUT2D eigenvalue weighted by Crippen LogP contribution is -2.14. The van der Waals surface area contributed by atoms with Gasteiger partial charge in [-0.05, 0) is 12.1 Å². The highest BCUT2D eigenvalue weighted by Crippen LogP contribution is 2.19. The number of rotatable bonds is 1. The van der Waals surface area contributed by atoms with Crippen LogP contribution < -0.4 is 0 Å². The van der Waals surface area contributed by atoms with Crippen LogP contribution in [-0.4, -0.2) is 16.4 Å². The number of oxime groups is 1. The molecule has 0 aliphatic rings. The van der Waals surface area contributed by atoms with Gasteiger partial charge in [-0.1, -0.05) is 32.0 Å². The molecule has 0 spiro atoms. The fourth-order valence-electron chi connectivity index (χ4n) is 1.00. The first-order valence-corrected chi connectivity index (χ1v) is 4.19. The van der Waals surface area contributed by atoms with Gasteiger partial charge >= 0.3 is 0 Å². The highest BCUT2D eigenvalue weighted by Gasteiger charge is 2.14. The maximum absolute atomic E-state index is 8.34. The molecule has 0 aliphatic heterocycles. The fraction of sp³-hybridized carbons (Fsp3) is 0.400. The van der Waals surface area contributed by atoms with Crippen molar-refractivity contribution >= 4 is 6.21 Å². The van der Waals surface area contributed by atoms with Crippen LogP contribution in [0.1, 0.15) is 32.2 Å². The van der Waals surface area contributed by atoms with Gasteiger partial charge < -0.3 is 5.21 Å². The first kappa shape index (κ1) is 9.71. The van der Waals surface area contributed by atoms with E-state index in [-0.39, 0.29) is 5.41 Å². The summed E-state index contributed by atoms with van der Waals surface area (Å²) < 4.78 is 0. The van der Waals surface area contributed by atoms with E-state index in [1.807, 2.05) is 12.1 Å². The minimum atomic E-state index is 0.0271. The third-order valence-corrected chi connectivity index (χ3v) is 1.73. The molecule has 1 rings (SSSR count). The van der Waals surface area contributed by atoms with Crippen molar-refractivity contribution in [1.82, 2.24) is 4.98 Å². The largest absolute Gasteiger partial charge is 0.411 e. The van der Waals surface area contributed by atoms with Gasteiger partial charge in [0.2, 0.25) is 0 Å². The van der Waals surface area contributed by atoms with E-state index in [0.717, 1.165) is 5.69 Å². The van der Waals surface area contributed by atoms with Crippen molar-refractivity contribution in [2.75, 3.05) is 0 Å². The summed E-state index contributed by atoms with van der Waals surface area (Å²) in [6, 6.07) is 5.67. The van der Waals surface area contributed by atoms with Crippen LogP contribution in [0.2, 0.25) is 0 Å². The molecule has 0 saturated carbocycles. The van der Waals surface area contributed by atoms with Crippen molar-refractivity contribution in [3.05, 3.63) is 29.6 Å². The number of pyridine rings is 1. The molecule has 13 heavy (non-hydrogen) atoms. The van der Waals surface area contributed by atoms with E-state index >= 15 is 0 Å². The molecule has 1 N–H and O–H groups in total. The minimum Gasteiger partial charge on any atom is -0.411 e. The summed E-state index contributed by atoms with van der Waals surface area (Å²) in [4.78, 5) is 4.32. The zero-order valence-corrected chi connectivity index (χ0v) is 8.15. The second-order valence-electron chi connectivity index (χ2n) is 3.94. The topological polar surface area (TPSA) is 45.5 Å². The van der Waals surface area contributed by atoms with E-state index in [0.29, 0.717) is 5.69 Å². The molecule has 0 radical (unpaired) electrons. The van der Waals surface area contributed by atoms with Crippen LogP contribution in [0.5, 0.6) is 0 Å². The molecule has 3 heteroatoms. The zero-order valence-electron chi connectivity index (χ0n) is 8.15. The van der Waals surface area contributed by atoms with Crippen molar-refractivity contribution in [3.8, 4) is 0 Å². The summed E-state index contributed by atoms with van der Waals surface area (Å²) in [6.07, 6.45) is 1.33. The van der Waals surface area contributed by atoms with Crippen molar-refractivity contribution in [1.29, 1.82) is 0 Å². The van der Waals surface area contributed by atoms with Gasteiger partial charge in [0.25, 0.3) is 0 Å². The van der Waals surface area contributed by atoms with Gasteiger partial charge in [-0.15, -0.1) is 0 Å². The summed E-state index contributed by atoms with van der Waals surface area (Å²) in [5.41, 5.74) is 1.69. The second-order valence-corrected chi connectivity index (χ2v) is 3.94. The molecule has 0 amide bonds. The highest BCUT2D eigenvalue weighted by molar-refractivity contribution is 5.76. The fourth-order valence-corrected chi connectivity index (χ4v) is 1.00. The lowest BCUT2D eigenvalue weighted by Gasteiger charge is -2.17. The molecule has 0 fully saturated rings. The monoisotopic (exact) mass is 178 g/mol. The van der Waals surface area contributed by atoms with Crippen LogP contribution in [0.4, 0.5) is 0 Å². The van der Waals surface area contributed by atoms with Crippen LogP contribution >= 0.6 is 0 Å². The molecule has 0 unspecified atom stereocenters. The van der Waals surface area contributed by atoms with Crippen LogP contribution in [0.3, 0.4) is 0 Å². The van der Waals surface area contributed by atoms with Crippen LogP contribution in [0.25, 0.3) is 0 Å². The quantitative estimate of drug-likeness (QED) is 0.407. The summed E-state index contributed by atoms with van der Waals surface area (Å²) in [7, 11) is 0. The molecule has 3 nitrogen and oxygen atoms in total. The molecule has 0 aromatic carbocycles. The van der Waals surface area contributed by atoms with Gasteiger partial charge in [0.05, 0.1) is 11.9 Å². The van der Waals surface area contributed by atoms with Gasteiger partial charge in [-0.25, -0.2) is 0 Å². The standard InChI is InChI=1S/C10H14N2O/c1-10(2,3)9-6-4-5-8(12-9)7-11-13/h4-7,13H,1-3H3. The number of hydrogen-bond acceptors (Lipinski definition) is 3. The van der Waals surface area contributed by atoms with Gasteiger partial charge in [0.15, 0.2) is 0 Å². The van der Waals surface area contributed by atoms with E-state index in [1.54, 1.807) is 6.07 Å². The second kappa shape index (κ2) is 3.56. The van der Waals surface area contributed by atoms with E-state index in [2.05, 4.69) is 30.9 Å². The molecular weight excluding hydrogens is 164 g/mol. The predicted octanol–water partition coefficient (Wildman–Crippen LogP) is 2.19. The van der Waals surface area contributed by atoms with Crippen molar-refractivity contribution in [2.24, 2.45) is 5.16 Å². The van der Waals surface area contributed by atoms with Crippen molar-refractivity contribution in [3.63, 3.8) is 0 Å².